The number of amides is 1. The number of hydrogen-bond acceptors (Lipinski definition) is 6. The lowest BCUT2D eigenvalue weighted by atomic mass is 10.2. The van der Waals surface area contributed by atoms with Gasteiger partial charge in [-0.3, -0.25) is 4.79 Å². The van der Waals surface area contributed by atoms with Crippen LogP contribution in [0.5, 0.6) is 0 Å². The molecule has 0 bridgehead atoms. The van der Waals surface area contributed by atoms with Gasteiger partial charge in [0.2, 0.25) is 0 Å². The molecule has 25 heavy (non-hydrogen) atoms. The van der Waals surface area contributed by atoms with Crippen LogP contribution in [0.15, 0.2) is 30.0 Å². The number of nitrogens with zero attached hydrogens (tertiary/aromatic N) is 5. The fourth-order valence-electron chi connectivity index (χ4n) is 2.84. The first-order valence-corrected chi connectivity index (χ1v) is 8.55. The minimum Gasteiger partial charge on any atom is -0.352 e. The van der Waals surface area contributed by atoms with E-state index in [0.717, 1.165) is 22.2 Å². The summed E-state index contributed by atoms with van der Waals surface area (Å²) in [6.07, 6.45) is 2.38. The van der Waals surface area contributed by atoms with Gasteiger partial charge in [0.25, 0.3) is 5.91 Å². The maximum Gasteiger partial charge on any atom is 0.275 e. The van der Waals surface area contributed by atoms with Gasteiger partial charge in [0.1, 0.15) is 18.0 Å². The van der Waals surface area contributed by atoms with Crippen LogP contribution < -0.4 is 4.90 Å². The van der Waals surface area contributed by atoms with E-state index in [1.54, 1.807) is 11.3 Å². The van der Waals surface area contributed by atoms with Crippen molar-refractivity contribution in [3.05, 3.63) is 47.4 Å². The Morgan fingerprint density at radius 2 is 1.92 bits per heavy atom. The molecular weight excluding hydrogens is 348 g/mol. The molecule has 0 aliphatic carbocycles. The second-order valence-electron chi connectivity index (χ2n) is 5.60. The lowest BCUT2D eigenvalue weighted by molar-refractivity contribution is 0.0735. The Labute approximate surface area is 145 Å². The molecule has 1 saturated heterocycles. The molecule has 3 aromatic heterocycles. The van der Waals surface area contributed by atoms with Crippen LogP contribution in [0.1, 0.15) is 10.5 Å². The Morgan fingerprint density at radius 3 is 2.68 bits per heavy atom. The first-order valence-electron chi connectivity index (χ1n) is 7.67. The summed E-state index contributed by atoms with van der Waals surface area (Å²) in [6.45, 7) is 1.96. The molecule has 1 fully saturated rings. The van der Waals surface area contributed by atoms with Crippen molar-refractivity contribution in [1.82, 2.24) is 19.9 Å². The van der Waals surface area contributed by atoms with E-state index in [0.29, 0.717) is 32.2 Å². The van der Waals surface area contributed by atoms with Crippen molar-refractivity contribution in [2.24, 2.45) is 0 Å². The van der Waals surface area contributed by atoms with Gasteiger partial charge in [0.15, 0.2) is 11.5 Å². The van der Waals surface area contributed by atoms with Gasteiger partial charge >= 0.3 is 0 Å². The van der Waals surface area contributed by atoms with Gasteiger partial charge in [-0.15, -0.1) is 11.3 Å². The average molecular weight is 361 g/mol. The fourth-order valence-corrected chi connectivity index (χ4v) is 3.71. The summed E-state index contributed by atoms with van der Waals surface area (Å²) >= 11 is 1.57. The molecule has 1 aliphatic rings. The van der Waals surface area contributed by atoms with E-state index < -0.39 is 17.5 Å². The lowest BCUT2D eigenvalue weighted by Crippen LogP contribution is -2.49. The zero-order valence-electron chi connectivity index (χ0n) is 13.0. The van der Waals surface area contributed by atoms with Crippen molar-refractivity contribution < 1.29 is 13.6 Å². The summed E-state index contributed by atoms with van der Waals surface area (Å²) in [6, 6.07) is 2.61. The minimum atomic E-state index is -0.941. The van der Waals surface area contributed by atoms with Gasteiger partial charge in [-0.05, 0) is 11.4 Å². The molecule has 6 nitrogen and oxygen atoms in total. The highest BCUT2D eigenvalue weighted by atomic mass is 32.1. The summed E-state index contributed by atoms with van der Waals surface area (Å²) < 4.78 is 27.7. The quantitative estimate of drug-likeness (QED) is 0.701. The van der Waals surface area contributed by atoms with Crippen LogP contribution in [0.3, 0.4) is 0 Å². The molecule has 0 N–H and O–H groups in total. The summed E-state index contributed by atoms with van der Waals surface area (Å²) in [5.74, 6) is -1.43. The Hall–Kier alpha value is -2.68. The Bertz CT molecular complexity index is 939. The standard InChI is InChI=1S/C16H13F2N5OS/c17-10-7-11(18)13(19-8-10)16(24)23-4-2-22(3-5-23)15-14-12(1-6-25-14)20-9-21-15/h1,6-9H,2-5H2. The molecule has 4 rings (SSSR count). The van der Waals surface area contributed by atoms with Crippen molar-refractivity contribution in [3.63, 3.8) is 0 Å². The first kappa shape index (κ1) is 15.8. The van der Waals surface area contributed by atoms with Crippen LogP contribution in [0, 0.1) is 11.6 Å². The number of carbonyl (C=O) groups is 1. The highest BCUT2D eigenvalue weighted by molar-refractivity contribution is 7.17. The van der Waals surface area contributed by atoms with E-state index in [-0.39, 0.29) is 5.69 Å². The van der Waals surface area contributed by atoms with Gasteiger partial charge in [0.05, 0.1) is 16.4 Å². The number of carbonyl (C=O) groups excluding carboxylic acids is 1. The number of halogens is 2. The summed E-state index contributed by atoms with van der Waals surface area (Å²) in [5, 5.41) is 1.96. The molecule has 1 aliphatic heterocycles. The zero-order valence-corrected chi connectivity index (χ0v) is 13.8. The molecule has 0 unspecified atom stereocenters. The number of anilines is 1. The summed E-state index contributed by atoms with van der Waals surface area (Å²) in [5.41, 5.74) is 0.545. The molecule has 0 spiro atoms. The van der Waals surface area contributed by atoms with Crippen LogP contribution in [0.4, 0.5) is 14.6 Å². The van der Waals surface area contributed by atoms with E-state index in [4.69, 9.17) is 0 Å². The third kappa shape index (κ3) is 2.91. The van der Waals surface area contributed by atoms with E-state index in [9.17, 15) is 13.6 Å². The second kappa shape index (κ2) is 6.32. The third-order valence-electron chi connectivity index (χ3n) is 4.10. The number of aromatic nitrogens is 3. The van der Waals surface area contributed by atoms with Crippen molar-refractivity contribution in [2.45, 2.75) is 0 Å². The van der Waals surface area contributed by atoms with E-state index >= 15 is 0 Å². The number of thiophene rings is 1. The molecule has 9 heteroatoms. The van der Waals surface area contributed by atoms with Crippen LogP contribution in [0.25, 0.3) is 10.2 Å². The maximum atomic E-state index is 13.8. The smallest absolute Gasteiger partial charge is 0.275 e. The van der Waals surface area contributed by atoms with Gasteiger partial charge in [-0.25, -0.2) is 23.7 Å². The molecule has 128 valence electrons. The monoisotopic (exact) mass is 361 g/mol. The number of rotatable bonds is 2. The highest BCUT2D eigenvalue weighted by Crippen LogP contribution is 2.28. The van der Waals surface area contributed by atoms with Gasteiger partial charge in [-0.2, -0.15) is 0 Å². The SMILES string of the molecule is O=C(c1ncc(F)cc1F)N1CCN(c2ncnc3ccsc23)CC1. The van der Waals surface area contributed by atoms with Crippen LogP contribution in [-0.4, -0.2) is 51.9 Å². The van der Waals surface area contributed by atoms with Gasteiger partial charge in [-0.1, -0.05) is 0 Å². The molecule has 0 atom stereocenters. The number of piperazine rings is 1. The van der Waals surface area contributed by atoms with Crippen LogP contribution in [-0.2, 0) is 0 Å². The number of fused-ring (bicyclic) bond motifs is 1. The molecule has 1 amide bonds. The summed E-state index contributed by atoms with van der Waals surface area (Å²) in [7, 11) is 0. The van der Waals surface area contributed by atoms with Crippen LogP contribution >= 0.6 is 11.3 Å². The minimum absolute atomic E-state index is 0.350. The van der Waals surface area contributed by atoms with Crippen molar-refractivity contribution in [1.29, 1.82) is 0 Å². The molecule has 0 aromatic carbocycles. The number of pyridine rings is 1. The Balaban J connectivity index is 1.50. The largest absolute Gasteiger partial charge is 0.352 e. The highest BCUT2D eigenvalue weighted by Gasteiger charge is 2.26. The van der Waals surface area contributed by atoms with Crippen molar-refractivity contribution >= 4 is 33.3 Å². The van der Waals surface area contributed by atoms with E-state index in [1.807, 2.05) is 11.4 Å². The predicted octanol–water partition coefficient (Wildman–Crippen LogP) is 2.33. The van der Waals surface area contributed by atoms with Gasteiger partial charge in [0, 0.05) is 32.2 Å². The molecule has 3 aromatic rings. The van der Waals surface area contributed by atoms with Crippen molar-refractivity contribution in [2.75, 3.05) is 31.1 Å². The zero-order chi connectivity index (χ0) is 17.4. The average Bonchev–Trinajstić information content (AvgIpc) is 3.10. The molecule has 0 radical (unpaired) electrons. The number of hydrogen-bond donors (Lipinski definition) is 0. The van der Waals surface area contributed by atoms with Crippen molar-refractivity contribution in [3.8, 4) is 0 Å². The fraction of sp³-hybridized carbons (Fsp3) is 0.250. The predicted molar refractivity (Wildman–Crippen MR) is 89.7 cm³/mol. The van der Waals surface area contributed by atoms with Gasteiger partial charge < -0.3 is 9.80 Å². The molecular formula is C16H13F2N5OS. The molecule has 0 saturated carbocycles. The Morgan fingerprint density at radius 1 is 1.12 bits per heavy atom. The lowest BCUT2D eigenvalue weighted by Gasteiger charge is -2.35. The van der Waals surface area contributed by atoms with E-state index in [1.165, 1.54) is 11.2 Å². The normalized spacial score (nSPS) is 15.0. The first-order chi connectivity index (χ1) is 12.1. The Kier molecular flexibility index (Phi) is 4.00. The molecule has 4 heterocycles. The van der Waals surface area contributed by atoms with E-state index in [2.05, 4.69) is 19.9 Å². The maximum absolute atomic E-state index is 13.8. The summed E-state index contributed by atoms with van der Waals surface area (Å²) in [4.78, 5) is 28.2. The second-order valence-corrected chi connectivity index (χ2v) is 6.51. The van der Waals surface area contributed by atoms with Crippen LogP contribution in [0.2, 0.25) is 0 Å². The third-order valence-corrected chi connectivity index (χ3v) is 5.00. The topological polar surface area (TPSA) is 62.2 Å².